The molecule has 0 aliphatic carbocycles. The van der Waals surface area contributed by atoms with Crippen molar-refractivity contribution in [2.75, 3.05) is 24.6 Å². The van der Waals surface area contributed by atoms with Gasteiger partial charge in [-0.15, -0.1) is 0 Å². The summed E-state index contributed by atoms with van der Waals surface area (Å²) in [6, 6.07) is 14.9. The number of carboxylic acids is 1. The molecule has 0 unspecified atom stereocenters. The van der Waals surface area contributed by atoms with Crippen molar-refractivity contribution < 1.29 is 19.1 Å². The van der Waals surface area contributed by atoms with Crippen molar-refractivity contribution in [3.63, 3.8) is 0 Å². The highest BCUT2D eigenvalue weighted by atomic mass is 16.5. The van der Waals surface area contributed by atoms with Gasteiger partial charge in [0.15, 0.2) is 5.58 Å². The van der Waals surface area contributed by atoms with Crippen molar-refractivity contribution in [1.29, 1.82) is 0 Å². The van der Waals surface area contributed by atoms with E-state index < -0.39 is 5.97 Å². The summed E-state index contributed by atoms with van der Waals surface area (Å²) in [5.41, 5.74) is 1.91. The second kappa shape index (κ2) is 9.07. The van der Waals surface area contributed by atoms with E-state index >= 15 is 0 Å². The number of unbranched alkanes of at least 4 members (excludes halogenated alkanes) is 1. The third-order valence-corrected chi connectivity index (χ3v) is 4.28. The molecule has 6 nitrogen and oxygen atoms in total. The first kappa shape index (κ1) is 18.8. The predicted molar refractivity (Wildman–Crippen MR) is 105 cm³/mol. The first-order valence-corrected chi connectivity index (χ1v) is 9.24. The topological polar surface area (TPSA) is 75.8 Å². The third-order valence-electron chi connectivity index (χ3n) is 4.28. The lowest BCUT2D eigenvalue weighted by atomic mass is 10.2. The van der Waals surface area contributed by atoms with E-state index in [9.17, 15) is 4.79 Å². The van der Waals surface area contributed by atoms with Crippen LogP contribution >= 0.6 is 0 Å². The van der Waals surface area contributed by atoms with Crippen LogP contribution in [0.4, 0.5) is 6.01 Å². The molecule has 6 heteroatoms. The second-order valence-corrected chi connectivity index (χ2v) is 6.34. The van der Waals surface area contributed by atoms with E-state index in [1.54, 1.807) is 24.3 Å². The van der Waals surface area contributed by atoms with Gasteiger partial charge in [0.25, 0.3) is 6.01 Å². The van der Waals surface area contributed by atoms with E-state index in [0.29, 0.717) is 18.4 Å². The summed E-state index contributed by atoms with van der Waals surface area (Å²) in [6.45, 7) is 4.36. The molecule has 1 heterocycles. The van der Waals surface area contributed by atoms with Gasteiger partial charge in [0.1, 0.15) is 11.3 Å². The van der Waals surface area contributed by atoms with Gasteiger partial charge in [-0.2, -0.15) is 4.98 Å². The average molecular weight is 368 g/mol. The van der Waals surface area contributed by atoms with Crippen molar-refractivity contribution in [1.82, 2.24) is 4.98 Å². The maximum Gasteiger partial charge on any atom is 0.335 e. The molecule has 0 saturated heterocycles. The molecule has 3 rings (SSSR count). The smallest absolute Gasteiger partial charge is 0.335 e. The lowest BCUT2D eigenvalue weighted by Crippen LogP contribution is -2.27. The monoisotopic (exact) mass is 368 g/mol. The number of fused-ring (bicyclic) bond motifs is 1. The maximum atomic E-state index is 10.9. The zero-order valence-corrected chi connectivity index (χ0v) is 15.4. The van der Waals surface area contributed by atoms with Gasteiger partial charge < -0.3 is 19.2 Å². The largest absolute Gasteiger partial charge is 0.494 e. The van der Waals surface area contributed by atoms with Gasteiger partial charge in [-0.1, -0.05) is 25.5 Å². The lowest BCUT2D eigenvalue weighted by Gasteiger charge is -2.20. The highest BCUT2D eigenvalue weighted by Crippen LogP contribution is 2.22. The third kappa shape index (κ3) is 5.00. The van der Waals surface area contributed by atoms with E-state index in [1.807, 2.05) is 24.3 Å². The van der Waals surface area contributed by atoms with Crippen LogP contribution in [0.1, 0.15) is 36.5 Å². The van der Waals surface area contributed by atoms with Crippen LogP contribution in [0.3, 0.4) is 0 Å². The fraction of sp³-hybridized carbons (Fsp3) is 0.333. The summed E-state index contributed by atoms with van der Waals surface area (Å²) in [5.74, 6) is -0.270. The summed E-state index contributed by atoms with van der Waals surface area (Å²) in [7, 11) is 0. The molecule has 0 aliphatic rings. The van der Waals surface area contributed by atoms with Gasteiger partial charge in [-0.25, -0.2) is 4.79 Å². The molecule has 0 radical (unpaired) electrons. The van der Waals surface area contributed by atoms with Crippen molar-refractivity contribution in [2.45, 2.75) is 26.2 Å². The number of ether oxygens (including phenoxy) is 1. The number of nitrogens with zero attached hydrogens (tertiary/aromatic N) is 2. The van der Waals surface area contributed by atoms with Gasteiger partial charge in [0, 0.05) is 13.1 Å². The Kier molecular flexibility index (Phi) is 6.30. The number of benzene rings is 2. The molecule has 0 fully saturated rings. The van der Waals surface area contributed by atoms with Crippen LogP contribution in [0.15, 0.2) is 52.9 Å². The summed E-state index contributed by atoms with van der Waals surface area (Å²) in [6.07, 6.45) is 2.97. The number of anilines is 1. The fourth-order valence-corrected chi connectivity index (χ4v) is 2.79. The molecule has 3 aromatic rings. The normalized spacial score (nSPS) is 10.9. The molecule has 142 valence electrons. The first-order valence-electron chi connectivity index (χ1n) is 9.24. The molecule has 2 aromatic carbocycles. The van der Waals surface area contributed by atoms with Crippen LogP contribution in [0.25, 0.3) is 11.1 Å². The molecule has 0 aliphatic heterocycles. The van der Waals surface area contributed by atoms with E-state index in [4.69, 9.17) is 14.3 Å². The average Bonchev–Trinajstić information content (AvgIpc) is 3.11. The van der Waals surface area contributed by atoms with E-state index in [1.165, 1.54) is 0 Å². The lowest BCUT2D eigenvalue weighted by molar-refractivity contribution is 0.0697. The molecule has 0 bridgehead atoms. The highest BCUT2D eigenvalue weighted by Gasteiger charge is 2.13. The Balaban J connectivity index is 1.55. The number of carbonyl (C=O) groups is 1. The van der Waals surface area contributed by atoms with Gasteiger partial charge in [0.05, 0.1) is 12.2 Å². The summed E-state index contributed by atoms with van der Waals surface area (Å²) in [5, 5.41) is 8.92. The van der Waals surface area contributed by atoms with Crippen molar-refractivity contribution in [3.05, 3.63) is 54.1 Å². The molecule has 0 amide bonds. The zero-order valence-electron chi connectivity index (χ0n) is 15.4. The van der Waals surface area contributed by atoms with Crippen LogP contribution in [0.2, 0.25) is 0 Å². The summed E-state index contributed by atoms with van der Waals surface area (Å²) >= 11 is 0. The first-order chi connectivity index (χ1) is 13.2. The minimum atomic E-state index is -0.938. The van der Waals surface area contributed by atoms with E-state index in [2.05, 4.69) is 16.8 Å². The van der Waals surface area contributed by atoms with Crippen molar-refractivity contribution in [3.8, 4) is 5.75 Å². The number of carboxylic acid groups (broad SMARTS) is 1. The zero-order chi connectivity index (χ0) is 19.1. The molecule has 0 atom stereocenters. The fourth-order valence-electron chi connectivity index (χ4n) is 2.79. The summed E-state index contributed by atoms with van der Waals surface area (Å²) < 4.78 is 11.6. The van der Waals surface area contributed by atoms with E-state index in [0.717, 1.165) is 43.5 Å². The van der Waals surface area contributed by atoms with Crippen LogP contribution < -0.4 is 9.64 Å². The Morgan fingerprint density at radius 1 is 1.11 bits per heavy atom. The molecule has 0 saturated carbocycles. The number of aromatic carboxylic acids is 1. The molecule has 1 aromatic heterocycles. The number of hydrogen-bond acceptors (Lipinski definition) is 5. The Morgan fingerprint density at radius 2 is 1.85 bits per heavy atom. The Hall–Kier alpha value is -3.02. The number of rotatable bonds is 10. The number of aromatic nitrogens is 1. The van der Waals surface area contributed by atoms with Gasteiger partial charge in [-0.05, 0) is 49.2 Å². The van der Waals surface area contributed by atoms with Crippen LogP contribution in [-0.4, -0.2) is 35.8 Å². The second-order valence-electron chi connectivity index (χ2n) is 6.34. The van der Waals surface area contributed by atoms with Gasteiger partial charge >= 0.3 is 5.97 Å². The maximum absolute atomic E-state index is 10.9. The Bertz CT molecular complexity index is 840. The molecular formula is C21H24N2O4. The van der Waals surface area contributed by atoms with E-state index in [-0.39, 0.29) is 5.56 Å². The summed E-state index contributed by atoms with van der Waals surface area (Å²) in [4.78, 5) is 17.6. The molecular weight excluding hydrogens is 344 g/mol. The minimum Gasteiger partial charge on any atom is -0.494 e. The van der Waals surface area contributed by atoms with Crippen LogP contribution in [0, 0.1) is 0 Å². The van der Waals surface area contributed by atoms with Crippen LogP contribution in [0.5, 0.6) is 5.75 Å². The van der Waals surface area contributed by atoms with Gasteiger partial charge in [0.2, 0.25) is 0 Å². The Morgan fingerprint density at radius 3 is 2.56 bits per heavy atom. The van der Waals surface area contributed by atoms with Gasteiger partial charge in [-0.3, -0.25) is 0 Å². The number of para-hydroxylation sites is 2. The van der Waals surface area contributed by atoms with Crippen LogP contribution in [-0.2, 0) is 0 Å². The highest BCUT2D eigenvalue weighted by molar-refractivity contribution is 5.87. The quantitative estimate of drug-likeness (QED) is 0.527. The van der Waals surface area contributed by atoms with Crippen molar-refractivity contribution >= 4 is 23.1 Å². The van der Waals surface area contributed by atoms with Crippen molar-refractivity contribution in [2.24, 2.45) is 0 Å². The molecule has 27 heavy (non-hydrogen) atoms. The molecule has 1 N–H and O–H groups in total. The standard InChI is InChI=1S/C21H24N2O4/c1-2-3-13-23(21-22-18-7-4-5-8-19(18)27-21)14-6-15-26-17-11-9-16(10-12-17)20(24)25/h4-5,7-12H,2-3,6,13-15H2,1H3,(H,24,25). The number of oxazole rings is 1. The minimum absolute atomic E-state index is 0.254. The SMILES string of the molecule is CCCCN(CCCOc1ccc(C(=O)O)cc1)c1nc2ccccc2o1. The molecule has 0 spiro atoms. The predicted octanol–water partition coefficient (Wildman–Crippen LogP) is 4.60. The number of hydrogen-bond donors (Lipinski definition) is 1. The Labute approximate surface area is 158 Å².